The predicted molar refractivity (Wildman–Crippen MR) is 78.3 cm³/mol. The Morgan fingerprint density at radius 3 is 2.37 bits per heavy atom. The monoisotopic (exact) mass is 256 g/mol. The maximum atomic E-state index is 5.31. The summed E-state index contributed by atoms with van der Waals surface area (Å²) in [5, 5.41) is 0. The summed E-state index contributed by atoms with van der Waals surface area (Å²) in [5.41, 5.74) is 5.06. The number of hydrazine groups is 1. The second-order valence-corrected chi connectivity index (χ2v) is 4.48. The molecule has 0 saturated carbocycles. The molecule has 100 valence electrons. The Morgan fingerprint density at radius 2 is 1.79 bits per heavy atom. The van der Waals surface area contributed by atoms with E-state index in [0.717, 1.165) is 19.6 Å². The summed E-state index contributed by atoms with van der Waals surface area (Å²) in [5.74, 6) is 6.00. The number of benzene rings is 1. The molecule has 0 aliphatic carbocycles. The minimum atomic E-state index is 0.690. The number of pyridine rings is 1. The number of rotatable bonds is 6. The van der Waals surface area contributed by atoms with Crippen LogP contribution in [-0.2, 0) is 13.1 Å². The summed E-state index contributed by atoms with van der Waals surface area (Å²) in [6.07, 6.45) is 1.86. The largest absolute Gasteiger partial charge is 0.308 e. The number of nitrogens with zero attached hydrogens (tertiary/aromatic N) is 2. The summed E-state index contributed by atoms with van der Waals surface area (Å²) < 4.78 is 0. The van der Waals surface area contributed by atoms with Gasteiger partial charge in [-0.1, -0.05) is 43.3 Å². The minimum Gasteiger partial charge on any atom is -0.308 e. The quantitative estimate of drug-likeness (QED) is 0.615. The first-order chi connectivity index (χ1) is 9.31. The van der Waals surface area contributed by atoms with Crippen molar-refractivity contribution >= 4 is 5.82 Å². The van der Waals surface area contributed by atoms with E-state index >= 15 is 0 Å². The average molecular weight is 256 g/mol. The highest BCUT2D eigenvalue weighted by molar-refractivity contribution is 5.33. The molecule has 19 heavy (non-hydrogen) atoms. The standard InChI is InChI=1S/C15H20N4/c1-2-19(11-13-6-4-3-5-7-13)12-14-8-9-15(18-16)17-10-14/h3-10H,2,11-12,16H2,1H3,(H,17,18). The van der Waals surface area contributed by atoms with Crippen LogP contribution in [0.2, 0.25) is 0 Å². The second-order valence-electron chi connectivity index (χ2n) is 4.48. The molecular weight excluding hydrogens is 236 g/mol. The summed E-state index contributed by atoms with van der Waals surface area (Å²) in [6.45, 7) is 5.02. The van der Waals surface area contributed by atoms with E-state index in [1.54, 1.807) is 0 Å². The van der Waals surface area contributed by atoms with Gasteiger partial charge in [0, 0.05) is 19.3 Å². The van der Waals surface area contributed by atoms with Crippen molar-refractivity contribution in [1.82, 2.24) is 9.88 Å². The van der Waals surface area contributed by atoms with Gasteiger partial charge in [-0.25, -0.2) is 10.8 Å². The lowest BCUT2D eigenvalue weighted by atomic mass is 10.2. The van der Waals surface area contributed by atoms with Gasteiger partial charge >= 0.3 is 0 Å². The van der Waals surface area contributed by atoms with Crippen molar-refractivity contribution in [2.45, 2.75) is 20.0 Å². The molecule has 4 nitrogen and oxygen atoms in total. The fraction of sp³-hybridized carbons (Fsp3) is 0.267. The van der Waals surface area contributed by atoms with Crippen LogP contribution < -0.4 is 11.3 Å². The van der Waals surface area contributed by atoms with Gasteiger partial charge in [0.2, 0.25) is 0 Å². The molecule has 0 amide bonds. The smallest absolute Gasteiger partial charge is 0.139 e. The summed E-state index contributed by atoms with van der Waals surface area (Å²) in [7, 11) is 0. The Bertz CT molecular complexity index is 481. The fourth-order valence-corrected chi connectivity index (χ4v) is 1.98. The number of hydrogen-bond acceptors (Lipinski definition) is 4. The predicted octanol–water partition coefficient (Wildman–Crippen LogP) is 2.39. The Kier molecular flexibility index (Phi) is 4.89. The SMILES string of the molecule is CCN(Cc1ccccc1)Cc1ccc(NN)nc1. The van der Waals surface area contributed by atoms with Gasteiger partial charge in [-0.05, 0) is 23.7 Å². The maximum Gasteiger partial charge on any atom is 0.139 e. The number of nitrogens with two attached hydrogens (primary N) is 1. The molecule has 3 N–H and O–H groups in total. The Hall–Kier alpha value is -1.91. The molecule has 2 rings (SSSR count). The maximum absolute atomic E-state index is 5.31. The number of hydrogen-bond donors (Lipinski definition) is 2. The first-order valence-corrected chi connectivity index (χ1v) is 6.49. The van der Waals surface area contributed by atoms with Gasteiger partial charge in [0.1, 0.15) is 5.82 Å². The molecule has 0 atom stereocenters. The van der Waals surface area contributed by atoms with Crippen LogP contribution >= 0.6 is 0 Å². The molecule has 0 radical (unpaired) electrons. The molecule has 0 aliphatic rings. The van der Waals surface area contributed by atoms with Gasteiger partial charge in [0.15, 0.2) is 0 Å². The van der Waals surface area contributed by atoms with Crippen LogP contribution in [0.1, 0.15) is 18.1 Å². The van der Waals surface area contributed by atoms with Crippen LogP contribution in [0.4, 0.5) is 5.82 Å². The number of anilines is 1. The number of nitrogen functional groups attached to an aromatic ring is 1. The lowest BCUT2D eigenvalue weighted by molar-refractivity contribution is 0.271. The molecule has 0 bridgehead atoms. The van der Waals surface area contributed by atoms with E-state index in [-0.39, 0.29) is 0 Å². The van der Waals surface area contributed by atoms with E-state index < -0.39 is 0 Å². The molecule has 0 spiro atoms. The third-order valence-electron chi connectivity index (χ3n) is 3.08. The van der Waals surface area contributed by atoms with Crippen molar-refractivity contribution in [3.63, 3.8) is 0 Å². The van der Waals surface area contributed by atoms with E-state index in [2.05, 4.69) is 52.6 Å². The van der Waals surface area contributed by atoms with Crippen LogP contribution in [0.15, 0.2) is 48.7 Å². The number of nitrogens with one attached hydrogen (secondary N) is 1. The molecular formula is C15H20N4. The van der Waals surface area contributed by atoms with E-state index in [4.69, 9.17) is 5.84 Å². The van der Waals surface area contributed by atoms with E-state index in [1.165, 1.54) is 11.1 Å². The molecule has 1 heterocycles. The summed E-state index contributed by atoms with van der Waals surface area (Å²) in [6, 6.07) is 14.5. The highest BCUT2D eigenvalue weighted by atomic mass is 15.2. The van der Waals surface area contributed by atoms with E-state index in [9.17, 15) is 0 Å². The minimum absolute atomic E-state index is 0.690. The molecule has 0 unspecified atom stereocenters. The lowest BCUT2D eigenvalue weighted by Crippen LogP contribution is -2.22. The molecule has 4 heteroatoms. The Balaban J connectivity index is 1.98. The zero-order valence-electron chi connectivity index (χ0n) is 11.2. The number of aromatic nitrogens is 1. The van der Waals surface area contributed by atoms with Crippen LogP contribution in [0.3, 0.4) is 0 Å². The van der Waals surface area contributed by atoms with Crippen molar-refractivity contribution in [3.8, 4) is 0 Å². The molecule has 0 aliphatic heterocycles. The van der Waals surface area contributed by atoms with Crippen LogP contribution in [0.25, 0.3) is 0 Å². The molecule has 2 aromatic rings. The van der Waals surface area contributed by atoms with E-state index in [1.807, 2.05) is 18.3 Å². The van der Waals surface area contributed by atoms with Crippen molar-refractivity contribution in [1.29, 1.82) is 0 Å². The molecule has 1 aromatic heterocycles. The molecule has 1 aromatic carbocycles. The fourth-order valence-electron chi connectivity index (χ4n) is 1.98. The highest BCUT2D eigenvalue weighted by Crippen LogP contribution is 2.10. The highest BCUT2D eigenvalue weighted by Gasteiger charge is 2.05. The topological polar surface area (TPSA) is 54.2 Å². The second kappa shape index (κ2) is 6.87. The lowest BCUT2D eigenvalue weighted by Gasteiger charge is -2.20. The molecule has 0 fully saturated rings. The van der Waals surface area contributed by atoms with Gasteiger partial charge < -0.3 is 5.43 Å². The van der Waals surface area contributed by atoms with E-state index in [0.29, 0.717) is 5.82 Å². The van der Waals surface area contributed by atoms with Gasteiger partial charge in [-0.2, -0.15) is 0 Å². The summed E-state index contributed by atoms with van der Waals surface area (Å²) in [4.78, 5) is 6.61. The Labute approximate surface area is 114 Å². The Morgan fingerprint density at radius 1 is 1.05 bits per heavy atom. The van der Waals surface area contributed by atoms with Crippen molar-refractivity contribution in [2.75, 3.05) is 12.0 Å². The van der Waals surface area contributed by atoms with Gasteiger partial charge in [0.25, 0.3) is 0 Å². The third kappa shape index (κ3) is 4.05. The summed E-state index contributed by atoms with van der Waals surface area (Å²) >= 11 is 0. The van der Waals surface area contributed by atoms with Gasteiger partial charge in [0.05, 0.1) is 0 Å². The first kappa shape index (κ1) is 13.5. The zero-order chi connectivity index (χ0) is 13.5. The first-order valence-electron chi connectivity index (χ1n) is 6.49. The molecule has 0 saturated heterocycles. The van der Waals surface area contributed by atoms with Crippen LogP contribution in [-0.4, -0.2) is 16.4 Å². The van der Waals surface area contributed by atoms with Gasteiger partial charge in [-0.3, -0.25) is 4.90 Å². The van der Waals surface area contributed by atoms with Crippen molar-refractivity contribution in [2.24, 2.45) is 5.84 Å². The van der Waals surface area contributed by atoms with Crippen LogP contribution in [0.5, 0.6) is 0 Å². The van der Waals surface area contributed by atoms with Crippen molar-refractivity contribution < 1.29 is 0 Å². The normalized spacial score (nSPS) is 10.7. The average Bonchev–Trinajstić information content (AvgIpc) is 2.48. The van der Waals surface area contributed by atoms with Gasteiger partial charge in [-0.15, -0.1) is 0 Å². The zero-order valence-corrected chi connectivity index (χ0v) is 11.2. The van der Waals surface area contributed by atoms with Crippen LogP contribution in [0, 0.1) is 0 Å². The van der Waals surface area contributed by atoms with Crippen molar-refractivity contribution in [3.05, 3.63) is 59.8 Å². The third-order valence-corrected chi connectivity index (χ3v) is 3.08.